The van der Waals surface area contributed by atoms with Crippen LogP contribution in [-0.2, 0) is 0 Å². The van der Waals surface area contributed by atoms with Crippen molar-refractivity contribution in [2.75, 3.05) is 19.5 Å². The molecule has 0 aliphatic rings. The fourth-order valence-electron chi connectivity index (χ4n) is 2.17. The van der Waals surface area contributed by atoms with Gasteiger partial charge in [0.2, 0.25) is 0 Å². The van der Waals surface area contributed by atoms with Gasteiger partial charge in [-0.2, -0.15) is 0 Å². The van der Waals surface area contributed by atoms with Crippen molar-refractivity contribution in [3.8, 4) is 5.75 Å². The highest BCUT2D eigenvalue weighted by Gasteiger charge is 2.21. The van der Waals surface area contributed by atoms with E-state index >= 15 is 0 Å². The molecular formula is C16H21N3O2S. The van der Waals surface area contributed by atoms with Crippen molar-refractivity contribution in [1.82, 2.24) is 9.88 Å². The van der Waals surface area contributed by atoms with Crippen molar-refractivity contribution in [3.05, 3.63) is 39.8 Å². The Bertz CT molecular complexity index is 652. The van der Waals surface area contributed by atoms with Crippen LogP contribution in [0.1, 0.15) is 28.5 Å². The molecule has 1 aromatic carbocycles. The summed E-state index contributed by atoms with van der Waals surface area (Å²) >= 11 is 1.63. The van der Waals surface area contributed by atoms with Crippen LogP contribution in [0, 0.1) is 13.8 Å². The summed E-state index contributed by atoms with van der Waals surface area (Å²) < 4.78 is 5.10. The van der Waals surface area contributed by atoms with Gasteiger partial charge in [-0.15, -0.1) is 11.3 Å². The topological polar surface area (TPSA) is 54.5 Å². The number of carbonyl (C=O) groups is 1. The van der Waals surface area contributed by atoms with E-state index in [1.807, 2.05) is 45.0 Å². The third-order valence-electron chi connectivity index (χ3n) is 3.56. The summed E-state index contributed by atoms with van der Waals surface area (Å²) in [5.74, 6) is 0.760. The second-order valence-electron chi connectivity index (χ2n) is 5.13. The molecule has 1 heterocycles. The minimum atomic E-state index is -0.150. The van der Waals surface area contributed by atoms with E-state index in [1.54, 1.807) is 30.4 Å². The fourth-order valence-corrected chi connectivity index (χ4v) is 3.20. The molecule has 0 unspecified atom stereocenters. The fraction of sp³-hybridized carbons (Fsp3) is 0.375. The largest absolute Gasteiger partial charge is 0.497 e. The Kier molecular flexibility index (Phi) is 5.03. The lowest BCUT2D eigenvalue weighted by atomic mass is 10.2. The average molecular weight is 319 g/mol. The molecule has 22 heavy (non-hydrogen) atoms. The number of carbonyl (C=O) groups excluding carboxylic acids is 1. The van der Waals surface area contributed by atoms with Gasteiger partial charge < -0.3 is 15.0 Å². The number of rotatable bonds is 4. The van der Waals surface area contributed by atoms with Gasteiger partial charge in [-0.3, -0.25) is 0 Å². The number of nitrogens with zero attached hydrogens (tertiary/aromatic N) is 2. The molecule has 0 saturated heterocycles. The predicted octanol–water partition coefficient (Wildman–Crippen LogP) is 3.99. The Labute approximate surface area is 134 Å². The number of anilines is 1. The zero-order chi connectivity index (χ0) is 16.3. The third-order valence-corrected chi connectivity index (χ3v) is 4.80. The Morgan fingerprint density at radius 1 is 1.32 bits per heavy atom. The number of urea groups is 1. The molecule has 118 valence electrons. The van der Waals surface area contributed by atoms with Crippen molar-refractivity contribution >= 4 is 23.1 Å². The monoisotopic (exact) mass is 319 g/mol. The number of ether oxygens (including phenoxy) is 1. The molecule has 2 amide bonds. The van der Waals surface area contributed by atoms with Crippen LogP contribution >= 0.6 is 11.3 Å². The van der Waals surface area contributed by atoms with E-state index in [-0.39, 0.29) is 12.1 Å². The lowest BCUT2D eigenvalue weighted by Crippen LogP contribution is -2.33. The first-order valence-electron chi connectivity index (χ1n) is 7.04. The summed E-state index contributed by atoms with van der Waals surface area (Å²) in [6.07, 6.45) is 0. The van der Waals surface area contributed by atoms with E-state index in [0.29, 0.717) is 0 Å². The molecule has 0 fully saturated rings. The molecule has 1 aromatic heterocycles. The van der Waals surface area contributed by atoms with Crippen molar-refractivity contribution < 1.29 is 9.53 Å². The number of nitrogens with one attached hydrogen (secondary N) is 1. The van der Waals surface area contributed by atoms with Crippen LogP contribution in [0.25, 0.3) is 0 Å². The van der Waals surface area contributed by atoms with Crippen molar-refractivity contribution in [2.24, 2.45) is 0 Å². The summed E-state index contributed by atoms with van der Waals surface area (Å²) in [7, 11) is 3.40. The quantitative estimate of drug-likeness (QED) is 0.927. The first kappa shape index (κ1) is 16.3. The Morgan fingerprint density at radius 3 is 2.45 bits per heavy atom. The van der Waals surface area contributed by atoms with Gasteiger partial charge in [-0.1, -0.05) is 0 Å². The van der Waals surface area contributed by atoms with E-state index in [2.05, 4.69) is 10.3 Å². The first-order chi connectivity index (χ1) is 10.4. The van der Waals surface area contributed by atoms with Gasteiger partial charge in [0.25, 0.3) is 0 Å². The third kappa shape index (κ3) is 3.57. The normalized spacial score (nSPS) is 11.9. The van der Waals surface area contributed by atoms with Crippen LogP contribution < -0.4 is 10.1 Å². The molecule has 1 atom stereocenters. The number of methoxy groups -OCH3 is 1. The lowest BCUT2D eigenvalue weighted by molar-refractivity contribution is 0.209. The summed E-state index contributed by atoms with van der Waals surface area (Å²) in [4.78, 5) is 19.6. The minimum Gasteiger partial charge on any atom is -0.497 e. The van der Waals surface area contributed by atoms with Crippen LogP contribution in [0.5, 0.6) is 5.75 Å². The summed E-state index contributed by atoms with van der Waals surface area (Å²) in [6.45, 7) is 5.96. The van der Waals surface area contributed by atoms with Crippen molar-refractivity contribution in [3.63, 3.8) is 0 Å². The van der Waals surface area contributed by atoms with E-state index in [0.717, 1.165) is 27.0 Å². The van der Waals surface area contributed by atoms with Crippen LogP contribution in [0.15, 0.2) is 24.3 Å². The van der Waals surface area contributed by atoms with Crippen LogP contribution in [0.2, 0.25) is 0 Å². The highest BCUT2D eigenvalue weighted by molar-refractivity contribution is 7.11. The van der Waals surface area contributed by atoms with Gasteiger partial charge in [-0.25, -0.2) is 9.78 Å². The van der Waals surface area contributed by atoms with Crippen LogP contribution in [0.3, 0.4) is 0 Å². The molecule has 5 nitrogen and oxygen atoms in total. The number of hydrogen-bond donors (Lipinski definition) is 1. The maximum atomic E-state index is 12.4. The maximum Gasteiger partial charge on any atom is 0.322 e. The molecule has 0 aliphatic carbocycles. The molecule has 0 bridgehead atoms. The van der Waals surface area contributed by atoms with E-state index in [4.69, 9.17) is 4.74 Å². The van der Waals surface area contributed by atoms with Gasteiger partial charge >= 0.3 is 6.03 Å². The molecule has 0 aliphatic heterocycles. The Morgan fingerprint density at radius 2 is 1.95 bits per heavy atom. The van der Waals surface area contributed by atoms with Crippen LogP contribution in [0.4, 0.5) is 10.5 Å². The molecule has 2 aromatic rings. The van der Waals surface area contributed by atoms with Gasteiger partial charge in [0.15, 0.2) is 0 Å². The molecule has 2 rings (SSSR count). The smallest absolute Gasteiger partial charge is 0.322 e. The second-order valence-corrected chi connectivity index (χ2v) is 6.36. The van der Waals surface area contributed by atoms with Gasteiger partial charge in [0.1, 0.15) is 5.75 Å². The summed E-state index contributed by atoms with van der Waals surface area (Å²) in [6, 6.07) is 7.09. The molecule has 0 spiro atoms. The first-order valence-corrected chi connectivity index (χ1v) is 7.85. The zero-order valence-electron chi connectivity index (χ0n) is 13.5. The standard InChI is InChI=1S/C16H21N3O2S/c1-10-15(22-12(3)17-10)11(2)19(4)16(20)18-13-6-8-14(21-5)9-7-13/h6-9,11H,1-5H3,(H,18,20)/t11-/m0/s1. The number of amides is 2. The number of benzene rings is 1. The number of hydrogen-bond acceptors (Lipinski definition) is 4. The van der Waals surface area contributed by atoms with Crippen LogP contribution in [-0.4, -0.2) is 30.1 Å². The minimum absolute atomic E-state index is 0.0237. The Balaban J connectivity index is 2.06. The highest BCUT2D eigenvalue weighted by Crippen LogP contribution is 2.28. The Hall–Kier alpha value is -2.08. The van der Waals surface area contributed by atoms with Gasteiger partial charge in [0, 0.05) is 17.6 Å². The predicted molar refractivity (Wildman–Crippen MR) is 89.8 cm³/mol. The molecule has 0 saturated carbocycles. The summed E-state index contributed by atoms with van der Waals surface area (Å²) in [5, 5.41) is 3.90. The van der Waals surface area contributed by atoms with Crippen molar-refractivity contribution in [2.45, 2.75) is 26.8 Å². The van der Waals surface area contributed by atoms with Gasteiger partial charge in [0.05, 0.1) is 23.9 Å². The van der Waals surface area contributed by atoms with E-state index in [9.17, 15) is 4.79 Å². The maximum absolute atomic E-state index is 12.4. The average Bonchev–Trinajstić information content (AvgIpc) is 2.85. The molecule has 6 heteroatoms. The second kappa shape index (κ2) is 6.79. The zero-order valence-corrected chi connectivity index (χ0v) is 14.3. The van der Waals surface area contributed by atoms with E-state index < -0.39 is 0 Å². The van der Waals surface area contributed by atoms with Crippen molar-refractivity contribution in [1.29, 1.82) is 0 Å². The van der Waals surface area contributed by atoms with E-state index in [1.165, 1.54) is 0 Å². The summed E-state index contributed by atoms with van der Waals surface area (Å²) in [5.41, 5.74) is 1.72. The molecule has 1 N–H and O–H groups in total. The lowest BCUT2D eigenvalue weighted by Gasteiger charge is -2.24. The number of thiazole rings is 1. The SMILES string of the molecule is COc1ccc(NC(=O)N(C)[C@@H](C)c2sc(C)nc2C)cc1. The number of aromatic nitrogens is 1. The molecule has 0 radical (unpaired) electrons. The highest BCUT2D eigenvalue weighted by atomic mass is 32.1. The number of aryl methyl sites for hydroxylation is 2. The van der Waals surface area contributed by atoms with Gasteiger partial charge in [-0.05, 0) is 45.0 Å². The molecular weight excluding hydrogens is 298 g/mol.